The zero-order valence-electron chi connectivity index (χ0n) is 10.4. The van der Waals surface area contributed by atoms with E-state index in [0.717, 1.165) is 12.1 Å². The zero-order valence-corrected chi connectivity index (χ0v) is 11.2. The summed E-state index contributed by atoms with van der Waals surface area (Å²) in [6.45, 7) is 1.79. The van der Waals surface area contributed by atoms with Crippen LogP contribution in [0.4, 0.5) is 13.2 Å². The molecule has 1 aromatic rings. The van der Waals surface area contributed by atoms with E-state index < -0.39 is 24.2 Å². The van der Waals surface area contributed by atoms with Gasteiger partial charge in [-0.25, -0.2) is 0 Å². The van der Waals surface area contributed by atoms with Gasteiger partial charge in [0.1, 0.15) is 5.75 Å². The molecule has 112 valence electrons. The topological polar surface area (TPSA) is 55.8 Å². The minimum atomic E-state index is -4.85. The summed E-state index contributed by atoms with van der Waals surface area (Å²) < 4.78 is 44.5. The lowest BCUT2D eigenvalue weighted by atomic mass is 10.1. The standard InChI is InChI=1S/C12H12ClF3O4/c1-2-19-11(18)6-9(17)7-3-4-10(8(13)5-7)20-12(14,15)16/h3-5,9,17H,2,6H2,1H3. The van der Waals surface area contributed by atoms with Gasteiger partial charge in [-0.1, -0.05) is 17.7 Å². The van der Waals surface area contributed by atoms with Crippen LogP contribution in [0.3, 0.4) is 0 Å². The Hall–Kier alpha value is -1.47. The van der Waals surface area contributed by atoms with Crippen LogP contribution in [0.1, 0.15) is 25.0 Å². The van der Waals surface area contributed by atoms with Gasteiger partial charge in [0.2, 0.25) is 0 Å². The smallest absolute Gasteiger partial charge is 0.466 e. The highest BCUT2D eigenvalue weighted by Gasteiger charge is 2.32. The number of carbonyl (C=O) groups excluding carboxylic acids is 1. The molecule has 0 aromatic heterocycles. The highest BCUT2D eigenvalue weighted by atomic mass is 35.5. The number of halogens is 4. The first-order valence-corrected chi connectivity index (χ1v) is 5.99. The van der Waals surface area contributed by atoms with E-state index in [1.54, 1.807) is 6.92 Å². The van der Waals surface area contributed by atoms with Crippen LogP contribution in [0.2, 0.25) is 5.02 Å². The number of esters is 1. The molecular formula is C12H12ClF3O4. The molecule has 0 amide bonds. The lowest BCUT2D eigenvalue weighted by Crippen LogP contribution is -2.17. The predicted molar refractivity (Wildman–Crippen MR) is 64.3 cm³/mol. The van der Waals surface area contributed by atoms with Crippen LogP contribution in [0.5, 0.6) is 5.75 Å². The van der Waals surface area contributed by atoms with E-state index in [2.05, 4.69) is 9.47 Å². The highest BCUT2D eigenvalue weighted by molar-refractivity contribution is 6.32. The SMILES string of the molecule is CCOC(=O)CC(O)c1ccc(OC(F)(F)F)c(Cl)c1. The highest BCUT2D eigenvalue weighted by Crippen LogP contribution is 2.32. The maximum atomic E-state index is 12.0. The van der Waals surface area contributed by atoms with Gasteiger partial charge in [-0.2, -0.15) is 0 Å². The van der Waals surface area contributed by atoms with Crippen LogP contribution in [0.15, 0.2) is 18.2 Å². The molecule has 0 aliphatic rings. The summed E-state index contributed by atoms with van der Waals surface area (Å²) in [5, 5.41) is 9.43. The van der Waals surface area contributed by atoms with E-state index in [0.29, 0.717) is 0 Å². The van der Waals surface area contributed by atoms with E-state index in [4.69, 9.17) is 11.6 Å². The Labute approximate surface area is 118 Å². The second-order valence-electron chi connectivity index (χ2n) is 3.76. The number of hydrogen-bond acceptors (Lipinski definition) is 4. The van der Waals surface area contributed by atoms with Crippen molar-refractivity contribution < 1.29 is 32.5 Å². The fraction of sp³-hybridized carbons (Fsp3) is 0.417. The molecule has 1 N–H and O–H groups in total. The van der Waals surface area contributed by atoms with E-state index in [-0.39, 0.29) is 23.6 Å². The normalized spacial score (nSPS) is 12.9. The van der Waals surface area contributed by atoms with Crippen molar-refractivity contribution in [3.05, 3.63) is 28.8 Å². The fourth-order valence-corrected chi connectivity index (χ4v) is 1.66. The number of rotatable bonds is 5. The van der Waals surface area contributed by atoms with Gasteiger partial charge in [0.15, 0.2) is 0 Å². The molecule has 0 heterocycles. The summed E-state index contributed by atoms with van der Waals surface area (Å²) >= 11 is 5.62. The zero-order chi connectivity index (χ0) is 15.3. The number of aliphatic hydroxyl groups excluding tert-OH is 1. The second-order valence-corrected chi connectivity index (χ2v) is 4.17. The maximum Gasteiger partial charge on any atom is 0.573 e. The molecule has 0 bridgehead atoms. The molecule has 0 aliphatic carbocycles. The van der Waals surface area contributed by atoms with E-state index in [9.17, 15) is 23.1 Å². The van der Waals surface area contributed by atoms with Crippen LogP contribution in [0, 0.1) is 0 Å². The first kappa shape index (κ1) is 16.6. The molecule has 0 spiro atoms. The molecular weight excluding hydrogens is 301 g/mol. The molecule has 1 rings (SSSR count). The summed E-state index contributed by atoms with van der Waals surface area (Å²) in [6.07, 6.45) is -6.38. The van der Waals surface area contributed by atoms with Crippen LogP contribution in [0.25, 0.3) is 0 Å². The molecule has 1 aromatic carbocycles. The van der Waals surface area contributed by atoms with Crippen molar-refractivity contribution in [1.82, 2.24) is 0 Å². The van der Waals surface area contributed by atoms with Gasteiger partial charge in [-0.3, -0.25) is 4.79 Å². The number of aliphatic hydroxyl groups is 1. The number of alkyl halides is 3. The van der Waals surface area contributed by atoms with Crippen LogP contribution in [-0.2, 0) is 9.53 Å². The van der Waals surface area contributed by atoms with Crippen molar-refractivity contribution in [1.29, 1.82) is 0 Å². The predicted octanol–water partition coefficient (Wildman–Crippen LogP) is 3.23. The molecule has 20 heavy (non-hydrogen) atoms. The van der Waals surface area contributed by atoms with Crippen molar-refractivity contribution in [2.75, 3.05) is 6.61 Å². The third-order valence-corrected chi connectivity index (χ3v) is 2.53. The average Bonchev–Trinajstić information content (AvgIpc) is 2.30. The maximum absolute atomic E-state index is 12.0. The Morgan fingerprint density at radius 2 is 2.10 bits per heavy atom. The van der Waals surface area contributed by atoms with E-state index >= 15 is 0 Å². The fourth-order valence-electron chi connectivity index (χ4n) is 1.43. The molecule has 0 fully saturated rings. The molecule has 0 aliphatic heterocycles. The largest absolute Gasteiger partial charge is 0.573 e. The van der Waals surface area contributed by atoms with Crippen molar-refractivity contribution >= 4 is 17.6 Å². The third kappa shape index (κ3) is 5.26. The molecule has 0 saturated heterocycles. The van der Waals surface area contributed by atoms with Crippen LogP contribution >= 0.6 is 11.6 Å². The first-order valence-electron chi connectivity index (χ1n) is 5.61. The summed E-state index contributed by atoms with van der Waals surface area (Å²) in [6, 6.07) is 3.27. The molecule has 0 radical (unpaired) electrons. The number of carbonyl (C=O) groups is 1. The molecule has 1 unspecified atom stereocenters. The Bertz CT molecular complexity index is 476. The van der Waals surface area contributed by atoms with Crippen molar-refractivity contribution in [3.8, 4) is 5.75 Å². The minimum absolute atomic E-state index is 0.171. The van der Waals surface area contributed by atoms with Gasteiger partial charge in [0, 0.05) is 0 Å². The lowest BCUT2D eigenvalue weighted by Gasteiger charge is -2.14. The molecule has 8 heteroatoms. The second kappa shape index (κ2) is 6.81. The van der Waals surface area contributed by atoms with Crippen molar-refractivity contribution in [2.45, 2.75) is 25.8 Å². The van der Waals surface area contributed by atoms with Crippen molar-refractivity contribution in [3.63, 3.8) is 0 Å². The monoisotopic (exact) mass is 312 g/mol. The quantitative estimate of drug-likeness (QED) is 0.848. The average molecular weight is 313 g/mol. The van der Waals surface area contributed by atoms with Gasteiger partial charge >= 0.3 is 12.3 Å². The molecule has 0 saturated carbocycles. The number of hydrogen-bond donors (Lipinski definition) is 1. The molecule has 1 atom stereocenters. The Morgan fingerprint density at radius 3 is 2.60 bits per heavy atom. The van der Waals surface area contributed by atoms with Crippen molar-refractivity contribution in [2.24, 2.45) is 0 Å². The van der Waals surface area contributed by atoms with Gasteiger partial charge in [-0.15, -0.1) is 13.2 Å². The number of benzene rings is 1. The van der Waals surface area contributed by atoms with E-state index in [1.807, 2.05) is 0 Å². The third-order valence-electron chi connectivity index (χ3n) is 2.23. The Kier molecular flexibility index (Phi) is 5.64. The Morgan fingerprint density at radius 1 is 1.45 bits per heavy atom. The first-order chi connectivity index (χ1) is 9.23. The lowest BCUT2D eigenvalue weighted by molar-refractivity contribution is -0.274. The van der Waals surface area contributed by atoms with Gasteiger partial charge in [-0.05, 0) is 24.6 Å². The van der Waals surface area contributed by atoms with Crippen LogP contribution in [-0.4, -0.2) is 24.0 Å². The molecule has 4 nitrogen and oxygen atoms in total. The Balaban J connectivity index is 2.78. The van der Waals surface area contributed by atoms with Gasteiger partial charge in [0.25, 0.3) is 0 Å². The summed E-state index contributed by atoms with van der Waals surface area (Å²) in [5.41, 5.74) is 0.192. The van der Waals surface area contributed by atoms with Crippen LogP contribution < -0.4 is 4.74 Å². The van der Waals surface area contributed by atoms with E-state index in [1.165, 1.54) is 6.07 Å². The van der Waals surface area contributed by atoms with Gasteiger partial charge in [0.05, 0.1) is 24.2 Å². The summed E-state index contributed by atoms with van der Waals surface area (Å²) in [5.74, 6) is -1.20. The summed E-state index contributed by atoms with van der Waals surface area (Å²) in [7, 11) is 0. The van der Waals surface area contributed by atoms with Gasteiger partial charge < -0.3 is 14.6 Å². The number of ether oxygens (including phenoxy) is 2. The minimum Gasteiger partial charge on any atom is -0.466 e. The summed E-state index contributed by atoms with van der Waals surface area (Å²) in [4.78, 5) is 11.2.